The van der Waals surface area contributed by atoms with Crippen molar-refractivity contribution >= 4 is 40.3 Å². The third kappa shape index (κ3) is 5.50. The molecule has 41 heavy (non-hydrogen) atoms. The molecule has 2 aromatic heterocycles. The van der Waals surface area contributed by atoms with Crippen LogP contribution in [0.5, 0.6) is 11.6 Å². The van der Waals surface area contributed by atoms with Crippen LogP contribution < -0.4 is 19.3 Å². The lowest BCUT2D eigenvalue weighted by Crippen LogP contribution is -2.58. The van der Waals surface area contributed by atoms with Crippen LogP contribution in [0, 0.1) is 6.92 Å². The fraction of sp³-hybridized carbons (Fsp3) is 0.393. The van der Waals surface area contributed by atoms with Crippen molar-refractivity contribution < 1.29 is 32.5 Å². The SMILES string of the molecule is COc1cc(N2CCN(C3=Nc4c(C)csc4[C@@H](CC(=O)O)N3c3cc(C(F)(F)F)ccc3OC)C[C@H]2C)ccn1. The summed E-state index contributed by atoms with van der Waals surface area (Å²) in [7, 11) is 2.93. The number of nitrogens with zero attached hydrogens (tertiary/aromatic N) is 5. The summed E-state index contributed by atoms with van der Waals surface area (Å²) >= 11 is 1.35. The molecular weight excluding hydrogens is 559 g/mol. The van der Waals surface area contributed by atoms with Crippen molar-refractivity contribution in [1.82, 2.24) is 9.88 Å². The normalized spacial score (nSPS) is 19.1. The third-order valence-corrected chi connectivity index (χ3v) is 8.51. The van der Waals surface area contributed by atoms with Gasteiger partial charge in [-0.25, -0.2) is 9.98 Å². The monoisotopic (exact) mass is 589 g/mol. The van der Waals surface area contributed by atoms with Crippen LogP contribution in [0.25, 0.3) is 0 Å². The third-order valence-electron chi connectivity index (χ3n) is 7.31. The number of hydrogen-bond donors (Lipinski definition) is 1. The number of methoxy groups -OCH3 is 2. The fourth-order valence-electron chi connectivity index (χ4n) is 5.36. The van der Waals surface area contributed by atoms with E-state index in [9.17, 15) is 23.1 Å². The molecule has 218 valence electrons. The van der Waals surface area contributed by atoms with Crippen LogP contribution >= 0.6 is 11.3 Å². The van der Waals surface area contributed by atoms with Crippen molar-refractivity contribution in [3.63, 3.8) is 0 Å². The van der Waals surface area contributed by atoms with E-state index >= 15 is 0 Å². The number of alkyl halides is 3. The Morgan fingerprint density at radius 1 is 1.17 bits per heavy atom. The molecule has 13 heteroatoms. The minimum atomic E-state index is -4.60. The Balaban J connectivity index is 1.60. The van der Waals surface area contributed by atoms with E-state index in [1.54, 1.807) is 18.2 Å². The van der Waals surface area contributed by atoms with Crippen LogP contribution in [-0.4, -0.2) is 66.8 Å². The van der Waals surface area contributed by atoms with Gasteiger partial charge in [0.2, 0.25) is 11.8 Å². The molecule has 1 aromatic carbocycles. The highest BCUT2D eigenvalue weighted by Crippen LogP contribution is 2.48. The number of aryl methyl sites for hydroxylation is 1. The minimum absolute atomic E-state index is 0.0216. The molecular formula is C28H30F3N5O4S. The average Bonchev–Trinajstić information content (AvgIpc) is 3.32. The number of rotatable bonds is 6. The number of anilines is 2. The summed E-state index contributed by atoms with van der Waals surface area (Å²) in [4.78, 5) is 27.8. The molecule has 5 rings (SSSR count). The zero-order valence-corrected chi connectivity index (χ0v) is 23.8. The quantitative estimate of drug-likeness (QED) is 0.391. The van der Waals surface area contributed by atoms with Gasteiger partial charge in [-0.1, -0.05) is 0 Å². The first kappa shape index (κ1) is 28.5. The first-order valence-corrected chi connectivity index (χ1v) is 13.8. The number of benzene rings is 1. The Labute approximate surface area is 239 Å². The maximum Gasteiger partial charge on any atom is 0.416 e. The summed E-state index contributed by atoms with van der Waals surface area (Å²) in [5.74, 6) is -0.00217. The second kappa shape index (κ2) is 11.1. The molecule has 1 N–H and O–H groups in total. The Morgan fingerprint density at radius 3 is 2.61 bits per heavy atom. The number of hydrogen-bond acceptors (Lipinski definition) is 9. The van der Waals surface area contributed by atoms with E-state index in [-0.39, 0.29) is 23.9 Å². The van der Waals surface area contributed by atoms with Gasteiger partial charge in [-0.05, 0) is 49.1 Å². The summed E-state index contributed by atoms with van der Waals surface area (Å²) in [5, 5.41) is 11.8. The Hall–Kier alpha value is -4.00. The van der Waals surface area contributed by atoms with Crippen molar-refractivity contribution in [2.45, 2.75) is 38.5 Å². The van der Waals surface area contributed by atoms with Crippen molar-refractivity contribution in [3.05, 3.63) is 57.9 Å². The molecule has 0 spiro atoms. The molecule has 2 aliphatic heterocycles. The zero-order chi connectivity index (χ0) is 29.5. The highest BCUT2D eigenvalue weighted by atomic mass is 32.1. The number of carboxylic acids is 1. The molecule has 4 heterocycles. The highest BCUT2D eigenvalue weighted by molar-refractivity contribution is 7.10. The number of aromatic nitrogens is 1. The van der Waals surface area contributed by atoms with Crippen LogP contribution in [0.4, 0.5) is 30.2 Å². The number of carboxylic acid groups (broad SMARTS) is 1. The molecule has 0 saturated carbocycles. The number of carbonyl (C=O) groups is 1. The van der Waals surface area contributed by atoms with Crippen LogP contribution in [0.3, 0.4) is 0 Å². The van der Waals surface area contributed by atoms with Gasteiger partial charge in [-0.3, -0.25) is 9.69 Å². The summed E-state index contributed by atoms with van der Waals surface area (Å²) in [6, 6.07) is 6.18. The lowest BCUT2D eigenvalue weighted by Gasteiger charge is -2.47. The van der Waals surface area contributed by atoms with Gasteiger partial charge in [-0.2, -0.15) is 13.2 Å². The molecule has 0 unspecified atom stereocenters. The molecule has 0 amide bonds. The van der Waals surface area contributed by atoms with Gasteiger partial charge in [0.1, 0.15) is 5.75 Å². The molecule has 3 aromatic rings. The molecule has 1 fully saturated rings. The lowest BCUT2D eigenvalue weighted by molar-refractivity contribution is -0.138. The van der Waals surface area contributed by atoms with E-state index in [1.165, 1.54) is 24.5 Å². The second-order valence-electron chi connectivity index (χ2n) is 9.96. The highest BCUT2D eigenvalue weighted by Gasteiger charge is 2.41. The van der Waals surface area contributed by atoms with Crippen molar-refractivity contribution in [2.24, 2.45) is 4.99 Å². The fourth-order valence-corrected chi connectivity index (χ4v) is 6.44. The minimum Gasteiger partial charge on any atom is -0.495 e. The van der Waals surface area contributed by atoms with Gasteiger partial charge in [0, 0.05) is 43.6 Å². The van der Waals surface area contributed by atoms with Gasteiger partial charge >= 0.3 is 12.1 Å². The number of pyridine rings is 1. The van der Waals surface area contributed by atoms with E-state index in [0.29, 0.717) is 42.0 Å². The molecule has 9 nitrogen and oxygen atoms in total. The Morgan fingerprint density at radius 2 is 1.95 bits per heavy atom. The molecule has 1 saturated heterocycles. The standard InChI is InChI=1S/C28H30F3N5O4S/c1-16-15-41-26-21(13-24(37)38)36(20-11-18(28(29,30)31)5-6-22(20)39-3)27(33-25(16)26)34-9-10-35(17(2)14-34)19-7-8-32-23(12-19)40-4/h5-8,11-12,15,17,21H,9-10,13-14H2,1-4H3,(H,37,38)/t17-,21-/m1/s1. The molecule has 2 atom stereocenters. The molecule has 0 radical (unpaired) electrons. The maximum absolute atomic E-state index is 13.9. The van der Waals surface area contributed by atoms with E-state index in [4.69, 9.17) is 14.5 Å². The summed E-state index contributed by atoms with van der Waals surface area (Å²) in [5.41, 5.74) is 1.72. The number of piperazine rings is 1. The molecule has 0 bridgehead atoms. The topological polar surface area (TPSA) is 90.7 Å². The lowest BCUT2D eigenvalue weighted by atomic mass is 10.0. The van der Waals surface area contributed by atoms with Crippen molar-refractivity contribution in [2.75, 3.05) is 43.7 Å². The van der Waals surface area contributed by atoms with E-state index < -0.39 is 23.8 Å². The summed E-state index contributed by atoms with van der Waals surface area (Å²) in [6.45, 7) is 5.50. The second-order valence-corrected chi connectivity index (χ2v) is 10.9. The average molecular weight is 590 g/mol. The van der Waals surface area contributed by atoms with Crippen molar-refractivity contribution in [3.8, 4) is 11.6 Å². The number of halogens is 3. The summed E-state index contributed by atoms with van der Waals surface area (Å²) < 4.78 is 52.4. The number of guanidine groups is 1. The van der Waals surface area contributed by atoms with Crippen LogP contribution in [-0.2, 0) is 11.0 Å². The maximum atomic E-state index is 13.9. The van der Waals surface area contributed by atoms with Crippen LogP contribution in [0.2, 0.25) is 0 Å². The Bertz CT molecular complexity index is 1480. The zero-order valence-electron chi connectivity index (χ0n) is 23.0. The number of aliphatic imine (C=N–C) groups is 1. The Kier molecular flexibility index (Phi) is 7.73. The number of aliphatic carboxylic acids is 1. The van der Waals surface area contributed by atoms with E-state index in [1.807, 2.05) is 36.3 Å². The number of fused-ring (bicyclic) bond motifs is 1. The first-order chi connectivity index (χ1) is 19.5. The van der Waals surface area contributed by atoms with Crippen LogP contribution in [0.15, 0.2) is 46.9 Å². The summed E-state index contributed by atoms with van der Waals surface area (Å²) in [6.07, 6.45) is -3.26. The largest absolute Gasteiger partial charge is 0.495 e. The van der Waals surface area contributed by atoms with E-state index in [2.05, 4.69) is 9.88 Å². The van der Waals surface area contributed by atoms with Gasteiger partial charge < -0.3 is 24.4 Å². The van der Waals surface area contributed by atoms with Crippen LogP contribution in [0.1, 0.15) is 35.4 Å². The predicted molar refractivity (Wildman–Crippen MR) is 151 cm³/mol. The van der Waals surface area contributed by atoms with Crippen molar-refractivity contribution in [1.29, 1.82) is 0 Å². The molecule has 2 aliphatic rings. The van der Waals surface area contributed by atoms with Gasteiger partial charge in [-0.15, -0.1) is 11.3 Å². The number of ether oxygens (including phenoxy) is 2. The smallest absolute Gasteiger partial charge is 0.416 e. The molecule has 0 aliphatic carbocycles. The van der Waals surface area contributed by atoms with Gasteiger partial charge in [0.05, 0.1) is 48.5 Å². The number of thiophene rings is 1. The predicted octanol–water partition coefficient (Wildman–Crippen LogP) is 5.72. The van der Waals surface area contributed by atoms with Gasteiger partial charge in [0.25, 0.3) is 0 Å². The van der Waals surface area contributed by atoms with E-state index in [0.717, 1.165) is 23.4 Å². The van der Waals surface area contributed by atoms with Gasteiger partial charge in [0.15, 0.2) is 0 Å². The first-order valence-electron chi connectivity index (χ1n) is 13.0.